The van der Waals surface area contributed by atoms with Crippen molar-refractivity contribution in [2.45, 2.75) is 13.0 Å². The maximum atomic E-state index is 12.8. The molecule has 4 aromatic rings. The molecule has 32 heavy (non-hydrogen) atoms. The number of benzene rings is 2. The summed E-state index contributed by atoms with van der Waals surface area (Å²) in [6.07, 6.45) is 6.76. The summed E-state index contributed by atoms with van der Waals surface area (Å²) in [5.41, 5.74) is 4.02. The van der Waals surface area contributed by atoms with Gasteiger partial charge in [-0.25, -0.2) is 4.68 Å². The molecule has 1 unspecified atom stereocenters. The highest BCUT2D eigenvalue weighted by atomic mass is 16.1. The first-order chi connectivity index (χ1) is 15.7. The van der Waals surface area contributed by atoms with Crippen LogP contribution >= 0.6 is 0 Å². The summed E-state index contributed by atoms with van der Waals surface area (Å²) < 4.78 is 1.74. The fourth-order valence-electron chi connectivity index (χ4n) is 3.34. The van der Waals surface area contributed by atoms with Gasteiger partial charge in [0.05, 0.1) is 11.7 Å². The van der Waals surface area contributed by atoms with E-state index in [1.54, 1.807) is 23.2 Å². The second kappa shape index (κ2) is 9.54. The average molecular weight is 419 g/mol. The Kier molecular flexibility index (Phi) is 6.19. The van der Waals surface area contributed by atoms with Crippen LogP contribution in [-0.4, -0.2) is 20.7 Å². The number of carbonyl (C=O) groups is 1. The Bertz CT molecular complexity index is 1270. The normalized spacial score (nSPS) is 12.1. The number of amides is 1. The average Bonchev–Trinajstić information content (AvgIpc) is 3.28. The zero-order valence-corrected chi connectivity index (χ0v) is 17.5. The van der Waals surface area contributed by atoms with Crippen molar-refractivity contribution in [3.8, 4) is 23.0 Å². The van der Waals surface area contributed by atoms with Crippen LogP contribution < -0.4 is 5.32 Å². The molecule has 0 spiro atoms. The van der Waals surface area contributed by atoms with E-state index in [-0.39, 0.29) is 11.6 Å². The van der Waals surface area contributed by atoms with E-state index in [4.69, 9.17) is 5.10 Å². The van der Waals surface area contributed by atoms with Crippen molar-refractivity contribution < 1.29 is 4.79 Å². The maximum absolute atomic E-state index is 12.8. The molecule has 0 radical (unpaired) electrons. The van der Waals surface area contributed by atoms with Gasteiger partial charge in [0.15, 0.2) is 0 Å². The SMILES string of the molecule is CC(NC(=O)C(C#N)=Cc1cn(-c2ccccc2)nc1-c1ccncc1)c1ccccc1. The highest BCUT2D eigenvalue weighted by molar-refractivity contribution is 6.02. The summed E-state index contributed by atoms with van der Waals surface area (Å²) in [4.78, 5) is 16.9. The van der Waals surface area contributed by atoms with Gasteiger partial charge in [0.25, 0.3) is 5.91 Å². The first kappa shape index (κ1) is 20.8. The second-order valence-electron chi connectivity index (χ2n) is 7.22. The van der Waals surface area contributed by atoms with Gasteiger partial charge in [-0.3, -0.25) is 9.78 Å². The highest BCUT2D eigenvalue weighted by Gasteiger charge is 2.17. The number of nitriles is 1. The fraction of sp³-hybridized carbons (Fsp3) is 0.0769. The molecule has 0 aliphatic carbocycles. The summed E-state index contributed by atoms with van der Waals surface area (Å²) in [5, 5.41) is 17.3. The number of carbonyl (C=O) groups excluding carboxylic acids is 1. The minimum atomic E-state index is -0.433. The predicted molar refractivity (Wildman–Crippen MR) is 123 cm³/mol. The van der Waals surface area contributed by atoms with Crippen LogP contribution in [0.3, 0.4) is 0 Å². The minimum Gasteiger partial charge on any atom is -0.345 e. The fourth-order valence-corrected chi connectivity index (χ4v) is 3.34. The number of para-hydroxylation sites is 1. The van der Waals surface area contributed by atoms with Crippen LogP contribution in [0.5, 0.6) is 0 Å². The first-order valence-corrected chi connectivity index (χ1v) is 10.2. The van der Waals surface area contributed by atoms with E-state index in [0.717, 1.165) is 16.8 Å². The van der Waals surface area contributed by atoms with E-state index in [0.29, 0.717) is 11.3 Å². The van der Waals surface area contributed by atoms with Crippen molar-refractivity contribution >= 4 is 12.0 Å². The third-order valence-electron chi connectivity index (χ3n) is 5.03. The lowest BCUT2D eigenvalue weighted by Crippen LogP contribution is -2.27. The Morgan fingerprint density at radius 3 is 2.34 bits per heavy atom. The quantitative estimate of drug-likeness (QED) is 0.362. The molecule has 0 saturated carbocycles. The van der Waals surface area contributed by atoms with Crippen molar-refractivity contribution in [2.75, 3.05) is 0 Å². The van der Waals surface area contributed by atoms with Crippen molar-refractivity contribution in [3.05, 3.63) is 108 Å². The number of rotatable bonds is 6. The molecule has 0 aliphatic heterocycles. The van der Waals surface area contributed by atoms with E-state index in [1.165, 1.54) is 0 Å². The van der Waals surface area contributed by atoms with Gasteiger partial charge in [0.2, 0.25) is 0 Å². The molecule has 156 valence electrons. The topological polar surface area (TPSA) is 83.6 Å². The molecule has 1 N–H and O–H groups in total. The molecule has 4 rings (SSSR count). The zero-order chi connectivity index (χ0) is 22.3. The third-order valence-corrected chi connectivity index (χ3v) is 5.03. The molecule has 0 fully saturated rings. The zero-order valence-electron chi connectivity index (χ0n) is 17.5. The number of pyridine rings is 1. The summed E-state index contributed by atoms with van der Waals surface area (Å²) in [6.45, 7) is 1.89. The molecule has 6 nitrogen and oxygen atoms in total. The molecule has 0 bridgehead atoms. The Hall–Kier alpha value is -4.50. The van der Waals surface area contributed by atoms with Gasteiger partial charge in [-0.15, -0.1) is 0 Å². The van der Waals surface area contributed by atoms with Gasteiger partial charge >= 0.3 is 0 Å². The summed E-state index contributed by atoms with van der Waals surface area (Å²) in [6, 6.07) is 24.8. The number of aromatic nitrogens is 3. The molecule has 2 aromatic carbocycles. The Morgan fingerprint density at radius 1 is 1.03 bits per heavy atom. The van der Waals surface area contributed by atoms with E-state index >= 15 is 0 Å². The van der Waals surface area contributed by atoms with Gasteiger partial charge in [-0.2, -0.15) is 10.4 Å². The summed E-state index contributed by atoms with van der Waals surface area (Å²) in [7, 11) is 0. The van der Waals surface area contributed by atoms with Gasteiger partial charge in [0, 0.05) is 29.7 Å². The largest absolute Gasteiger partial charge is 0.345 e. The molecule has 2 aromatic heterocycles. The van der Waals surface area contributed by atoms with E-state index in [9.17, 15) is 10.1 Å². The molecular formula is C26H21N5O. The number of hydrogen-bond acceptors (Lipinski definition) is 4. The standard InChI is InChI=1S/C26H21N5O/c1-19(20-8-4-2-5-9-20)29-26(32)22(17-27)16-23-18-31(24-10-6-3-7-11-24)30-25(23)21-12-14-28-15-13-21/h2-16,18-19H,1H3,(H,29,32). The molecule has 1 amide bonds. The molecular weight excluding hydrogens is 398 g/mol. The maximum Gasteiger partial charge on any atom is 0.262 e. The number of nitrogens with one attached hydrogen (secondary N) is 1. The lowest BCUT2D eigenvalue weighted by molar-refractivity contribution is -0.117. The lowest BCUT2D eigenvalue weighted by Gasteiger charge is -2.13. The van der Waals surface area contributed by atoms with Gasteiger partial charge < -0.3 is 5.32 Å². The summed E-state index contributed by atoms with van der Waals surface area (Å²) >= 11 is 0. The molecule has 2 heterocycles. The Morgan fingerprint density at radius 2 is 1.69 bits per heavy atom. The molecule has 1 atom stereocenters. The molecule has 6 heteroatoms. The van der Waals surface area contributed by atoms with Crippen molar-refractivity contribution in [2.24, 2.45) is 0 Å². The van der Waals surface area contributed by atoms with Gasteiger partial charge in [0.1, 0.15) is 17.3 Å². The summed E-state index contributed by atoms with van der Waals surface area (Å²) in [5.74, 6) is -0.433. The third kappa shape index (κ3) is 4.63. The van der Waals surface area contributed by atoms with Crippen molar-refractivity contribution in [1.82, 2.24) is 20.1 Å². The van der Waals surface area contributed by atoms with Crippen LogP contribution in [0.2, 0.25) is 0 Å². The molecule has 0 aliphatic rings. The van der Waals surface area contributed by atoms with Crippen LogP contribution in [-0.2, 0) is 4.79 Å². The highest BCUT2D eigenvalue weighted by Crippen LogP contribution is 2.25. The monoisotopic (exact) mass is 419 g/mol. The van der Waals surface area contributed by atoms with E-state index in [2.05, 4.69) is 10.3 Å². The van der Waals surface area contributed by atoms with Crippen molar-refractivity contribution in [1.29, 1.82) is 5.26 Å². The van der Waals surface area contributed by atoms with Crippen LogP contribution in [0.4, 0.5) is 0 Å². The smallest absolute Gasteiger partial charge is 0.262 e. The first-order valence-electron chi connectivity index (χ1n) is 10.2. The number of nitrogens with zero attached hydrogens (tertiary/aromatic N) is 4. The Labute approximate surface area is 186 Å². The predicted octanol–water partition coefficient (Wildman–Crippen LogP) is 4.72. The van der Waals surface area contributed by atoms with Crippen LogP contribution in [0.1, 0.15) is 24.1 Å². The van der Waals surface area contributed by atoms with Crippen LogP contribution in [0.15, 0.2) is 97.0 Å². The number of hydrogen-bond donors (Lipinski definition) is 1. The van der Waals surface area contributed by atoms with E-state index < -0.39 is 5.91 Å². The van der Waals surface area contributed by atoms with E-state index in [1.807, 2.05) is 92.0 Å². The lowest BCUT2D eigenvalue weighted by atomic mass is 10.1. The van der Waals surface area contributed by atoms with Crippen LogP contribution in [0, 0.1) is 11.3 Å². The minimum absolute atomic E-state index is 0.00991. The van der Waals surface area contributed by atoms with Gasteiger partial charge in [-0.05, 0) is 42.8 Å². The second-order valence-corrected chi connectivity index (χ2v) is 7.22. The van der Waals surface area contributed by atoms with Crippen molar-refractivity contribution in [3.63, 3.8) is 0 Å². The Balaban J connectivity index is 1.69. The van der Waals surface area contributed by atoms with Crippen LogP contribution in [0.25, 0.3) is 23.0 Å². The van der Waals surface area contributed by atoms with Gasteiger partial charge in [-0.1, -0.05) is 48.5 Å². The molecule has 0 saturated heterocycles.